The summed E-state index contributed by atoms with van der Waals surface area (Å²) in [6, 6.07) is 9.03. The van der Waals surface area contributed by atoms with E-state index in [0.717, 1.165) is 107 Å². The number of ketones is 2. The average Bonchev–Trinajstić information content (AvgIpc) is 3.89. The molecule has 3 aromatic heterocycles. The van der Waals surface area contributed by atoms with Crippen LogP contribution in [0.3, 0.4) is 0 Å². The van der Waals surface area contributed by atoms with Gasteiger partial charge in [-0.1, -0.05) is 40.9 Å². The Morgan fingerprint density at radius 1 is 0.519 bits per heavy atom. The van der Waals surface area contributed by atoms with Crippen molar-refractivity contribution in [3.63, 3.8) is 0 Å². The molecule has 1 fully saturated rings. The molecule has 2 N–H and O–H groups in total. The molecule has 1 saturated carbocycles. The van der Waals surface area contributed by atoms with Crippen LogP contribution in [0.4, 0.5) is 0 Å². The van der Waals surface area contributed by atoms with Gasteiger partial charge in [-0.25, -0.2) is 9.97 Å². The first-order valence-electron chi connectivity index (χ1n) is 19.4. The Hall–Kier alpha value is -5.10. The number of nitrogens with zero attached hydrogens (tertiary/aromatic N) is 2. The lowest BCUT2D eigenvalue weighted by Crippen LogP contribution is -2.32. The normalized spacial score (nSPS) is 24.4. The molecule has 4 atom stereocenters. The van der Waals surface area contributed by atoms with Crippen LogP contribution in [-0.4, -0.2) is 31.5 Å². The second kappa shape index (κ2) is 11.2. The van der Waals surface area contributed by atoms with Gasteiger partial charge in [-0.3, -0.25) is 9.59 Å². The Morgan fingerprint density at radius 2 is 0.808 bits per heavy atom. The van der Waals surface area contributed by atoms with Crippen molar-refractivity contribution in [1.29, 1.82) is 0 Å². The highest BCUT2D eigenvalue weighted by atomic mass is 16.1. The first kappa shape index (κ1) is 31.6. The van der Waals surface area contributed by atoms with E-state index >= 15 is 0 Å². The number of aromatic amines is 2. The fraction of sp³-hybridized carbons (Fsp3) is 0.348. The molecule has 2 aliphatic heterocycles. The zero-order valence-electron chi connectivity index (χ0n) is 30.6. The molecule has 52 heavy (non-hydrogen) atoms. The van der Waals surface area contributed by atoms with Crippen LogP contribution in [0.2, 0.25) is 0 Å². The maximum atomic E-state index is 13.5. The van der Waals surface area contributed by atoms with E-state index in [0.29, 0.717) is 11.1 Å². The lowest BCUT2D eigenvalue weighted by molar-refractivity contribution is -0.116. The molecule has 0 radical (unpaired) electrons. The van der Waals surface area contributed by atoms with Gasteiger partial charge < -0.3 is 9.97 Å². The second-order valence-electron chi connectivity index (χ2n) is 15.5. The van der Waals surface area contributed by atoms with E-state index in [9.17, 15) is 9.59 Å². The van der Waals surface area contributed by atoms with Crippen molar-refractivity contribution in [1.82, 2.24) is 19.9 Å². The summed E-state index contributed by atoms with van der Waals surface area (Å²) in [6.07, 6.45) is 10.3. The van der Waals surface area contributed by atoms with Crippen molar-refractivity contribution in [2.45, 2.75) is 103 Å². The second-order valence-corrected chi connectivity index (χ2v) is 15.5. The molecule has 6 nitrogen and oxygen atoms in total. The molecule has 0 saturated heterocycles. The quantitative estimate of drug-likeness (QED) is 0.268. The van der Waals surface area contributed by atoms with E-state index in [-0.39, 0.29) is 35.2 Å². The van der Waals surface area contributed by atoms with Crippen LogP contribution in [0.5, 0.6) is 0 Å². The van der Waals surface area contributed by atoms with Crippen LogP contribution in [0.25, 0.3) is 44.4 Å². The molecule has 3 aromatic rings. The van der Waals surface area contributed by atoms with Crippen molar-refractivity contribution >= 4 is 55.9 Å². The minimum atomic E-state index is -0.130. The first-order valence-corrected chi connectivity index (χ1v) is 19.4. The van der Waals surface area contributed by atoms with E-state index in [4.69, 9.17) is 9.97 Å². The molecule has 260 valence electrons. The maximum Gasteiger partial charge on any atom is 0.183 e. The van der Waals surface area contributed by atoms with Gasteiger partial charge in [-0.2, -0.15) is 0 Å². The minimum Gasteiger partial charge on any atom is -0.355 e. The molecule has 12 bridgehead atoms. The van der Waals surface area contributed by atoms with Gasteiger partial charge in [-0.05, 0) is 143 Å². The molecular formula is C46H44N4O2. The summed E-state index contributed by atoms with van der Waals surface area (Å²) < 4.78 is 0. The smallest absolute Gasteiger partial charge is 0.183 e. The van der Waals surface area contributed by atoms with Crippen molar-refractivity contribution in [3.8, 4) is 0 Å². The van der Waals surface area contributed by atoms with Crippen LogP contribution < -0.4 is 0 Å². The topological polar surface area (TPSA) is 91.5 Å². The van der Waals surface area contributed by atoms with Gasteiger partial charge >= 0.3 is 0 Å². The maximum absolute atomic E-state index is 13.5. The van der Waals surface area contributed by atoms with Crippen LogP contribution in [-0.2, 0) is 9.59 Å². The van der Waals surface area contributed by atoms with E-state index < -0.39 is 0 Å². The third-order valence-electron chi connectivity index (χ3n) is 13.3. The Labute approximate surface area is 304 Å². The van der Waals surface area contributed by atoms with Gasteiger partial charge in [0.15, 0.2) is 11.6 Å². The van der Waals surface area contributed by atoms with E-state index in [1.807, 2.05) is 0 Å². The van der Waals surface area contributed by atoms with E-state index in [1.165, 1.54) is 56.7 Å². The van der Waals surface area contributed by atoms with Gasteiger partial charge in [0.05, 0.1) is 22.8 Å². The van der Waals surface area contributed by atoms with Crippen molar-refractivity contribution in [3.05, 3.63) is 117 Å². The third-order valence-corrected chi connectivity index (χ3v) is 13.3. The summed E-state index contributed by atoms with van der Waals surface area (Å²) in [5.74, 6) is 0.177. The van der Waals surface area contributed by atoms with Crippen LogP contribution in [0.15, 0.2) is 71.9 Å². The van der Waals surface area contributed by atoms with Crippen LogP contribution in [0, 0.1) is 0 Å². The number of H-pyrrole nitrogens is 2. The summed E-state index contributed by atoms with van der Waals surface area (Å²) in [7, 11) is 0. The van der Waals surface area contributed by atoms with Crippen molar-refractivity contribution < 1.29 is 9.59 Å². The molecule has 7 aliphatic carbocycles. The number of rotatable bonds is 4. The fourth-order valence-corrected chi connectivity index (χ4v) is 11.1. The van der Waals surface area contributed by atoms with E-state index in [1.54, 1.807) is 0 Å². The number of nitrogens with one attached hydrogen (secondary N) is 2. The zero-order valence-corrected chi connectivity index (χ0v) is 30.6. The first-order chi connectivity index (χ1) is 25.3. The molecule has 12 rings (SSSR count). The van der Waals surface area contributed by atoms with Gasteiger partial charge in [0.2, 0.25) is 0 Å². The number of aromatic nitrogens is 4. The third kappa shape index (κ3) is 4.07. The zero-order chi connectivity index (χ0) is 35.7. The highest BCUT2D eigenvalue weighted by molar-refractivity contribution is 6.22. The summed E-state index contributed by atoms with van der Waals surface area (Å²) >= 11 is 0. The van der Waals surface area contributed by atoms with Crippen LogP contribution >= 0.6 is 0 Å². The Bertz CT molecular complexity index is 2390. The molecular weight excluding hydrogens is 641 g/mol. The van der Waals surface area contributed by atoms with Gasteiger partial charge in [0.25, 0.3) is 0 Å². The summed E-state index contributed by atoms with van der Waals surface area (Å²) in [5.41, 5.74) is 22.0. The highest BCUT2D eigenvalue weighted by Gasteiger charge is 2.47. The fourth-order valence-electron chi connectivity index (χ4n) is 11.1. The molecule has 0 amide bonds. The van der Waals surface area contributed by atoms with Gasteiger partial charge in [0, 0.05) is 56.9 Å². The summed E-state index contributed by atoms with van der Waals surface area (Å²) in [4.78, 5) is 45.5. The molecule has 6 heteroatoms. The lowest BCUT2D eigenvalue weighted by Gasteiger charge is -2.40. The molecule has 0 spiro atoms. The predicted molar refractivity (Wildman–Crippen MR) is 210 cm³/mol. The van der Waals surface area contributed by atoms with Crippen molar-refractivity contribution in [2.75, 3.05) is 0 Å². The molecule has 5 heterocycles. The Morgan fingerprint density at radius 3 is 1.12 bits per heavy atom. The Kier molecular flexibility index (Phi) is 6.81. The molecule has 9 aliphatic rings. The number of hydrogen-bond donors (Lipinski definition) is 2. The minimum absolute atomic E-state index is 0.0241. The highest BCUT2D eigenvalue weighted by Crippen LogP contribution is 2.58. The number of carbonyl (C=O) groups is 2. The number of allylic oxidation sites excluding steroid dienone is 10. The van der Waals surface area contributed by atoms with Crippen molar-refractivity contribution in [2.24, 2.45) is 0 Å². The number of hydrogen-bond acceptors (Lipinski definition) is 4. The largest absolute Gasteiger partial charge is 0.355 e. The van der Waals surface area contributed by atoms with E-state index in [2.05, 4.69) is 75.1 Å². The molecule has 4 unspecified atom stereocenters. The summed E-state index contributed by atoms with van der Waals surface area (Å²) in [6.45, 7) is 18.0. The van der Waals surface area contributed by atoms with Gasteiger partial charge in [0.1, 0.15) is 0 Å². The predicted octanol–water partition coefficient (Wildman–Crippen LogP) is 10.8. The molecule has 0 aromatic carbocycles. The Balaban J connectivity index is 1.36. The SMILES string of the molecule is C=C1C(=C)C2CCC1c1c2c2cc3nc(cc4[nH]c(cc5nc(cc1[nH]2)C(CC)=C5CC)c1c4C2CCC1C1=C2C(=O)C=CC1=O)C(CC)=C3CC. The monoisotopic (exact) mass is 684 g/mol. The van der Waals surface area contributed by atoms with Gasteiger partial charge in [-0.15, -0.1) is 0 Å². The summed E-state index contributed by atoms with van der Waals surface area (Å²) in [5, 5.41) is 0. The number of carbonyl (C=O) groups excluding carboxylic acids is 2. The number of fused-ring (bicyclic) bond motifs is 11. The lowest BCUT2D eigenvalue weighted by atomic mass is 9.61. The average molecular weight is 685 g/mol. The van der Waals surface area contributed by atoms with Crippen LogP contribution in [0.1, 0.15) is 148 Å². The standard InChI is InChI=1S/C46H44N4O2/c1-7-23-25(9-3)33-19-37-43-29-13-14-30(46-40(52)16-15-39(51)45(29)46)44(43)38(50-37)20-34-26(10-4)24(8-2)32(48-34)18-36-42-28-12-11-27(21(5)22(28)6)41(42)35(49-36)17-31(23)47-33/h15-20,27-30,49-50H,5-14H2,1-4H3.